The van der Waals surface area contributed by atoms with Gasteiger partial charge in [-0.05, 0) is 28.1 Å². The molecular weight excluding hydrogens is 522 g/mol. The van der Waals surface area contributed by atoms with Crippen molar-refractivity contribution in [1.82, 2.24) is 4.98 Å². The largest absolute Gasteiger partial charge is 0.489 e. The molecule has 0 amide bonds. The molecule has 0 aliphatic rings. The fourth-order valence-electron chi connectivity index (χ4n) is 1.91. The van der Waals surface area contributed by atoms with Gasteiger partial charge in [0.25, 0.3) is 0 Å². The third-order valence-corrected chi connectivity index (χ3v) is 4.03. The molecule has 0 unspecified atom stereocenters. The van der Waals surface area contributed by atoms with E-state index >= 15 is 0 Å². The Balaban J connectivity index is 2.39. The predicted molar refractivity (Wildman–Crippen MR) is 94.4 cm³/mol. The molecule has 0 atom stereocenters. The SMILES string of the molecule is F/C(Br)=C/COc1cc(Cl)c(Oc2ncc(C(F)(F)F)cc2C(F)(F)F)c(Cl)c1. The van der Waals surface area contributed by atoms with Crippen molar-refractivity contribution in [1.29, 1.82) is 0 Å². The lowest BCUT2D eigenvalue weighted by Crippen LogP contribution is -2.13. The lowest BCUT2D eigenvalue weighted by atomic mass is 10.2. The van der Waals surface area contributed by atoms with Gasteiger partial charge in [0.05, 0.1) is 15.6 Å². The first-order valence-electron chi connectivity index (χ1n) is 7.24. The molecule has 0 aliphatic heterocycles. The van der Waals surface area contributed by atoms with Crippen molar-refractivity contribution < 1.29 is 40.2 Å². The van der Waals surface area contributed by atoms with Crippen LogP contribution in [0.1, 0.15) is 11.1 Å². The molecule has 1 aromatic carbocycles. The molecule has 0 fully saturated rings. The topological polar surface area (TPSA) is 31.4 Å². The zero-order chi connectivity index (χ0) is 22.0. The maximum absolute atomic E-state index is 13.2. The van der Waals surface area contributed by atoms with Gasteiger partial charge in [-0.1, -0.05) is 23.2 Å². The Kier molecular flexibility index (Phi) is 7.28. The van der Waals surface area contributed by atoms with Gasteiger partial charge in [0.2, 0.25) is 5.88 Å². The molecule has 0 radical (unpaired) electrons. The highest BCUT2D eigenvalue weighted by Crippen LogP contribution is 2.44. The monoisotopic (exact) mass is 527 g/mol. The van der Waals surface area contributed by atoms with Crippen LogP contribution < -0.4 is 9.47 Å². The van der Waals surface area contributed by atoms with Gasteiger partial charge in [0.1, 0.15) is 17.9 Å². The Morgan fingerprint density at radius 3 is 2.10 bits per heavy atom. The zero-order valence-electron chi connectivity index (χ0n) is 13.6. The van der Waals surface area contributed by atoms with Crippen molar-refractivity contribution in [2.24, 2.45) is 0 Å². The summed E-state index contributed by atoms with van der Waals surface area (Å²) in [5, 5.41) is -0.628. The summed E-state index contributed by atoms with van der Waals surface area (Å²) < 4.78 is 99.6. The van der Waals surface area contributed by atoms with Gasteiger partial charge >= 0.3 is 12.4 Å². The fourth-order valence-corrected chi connectivity index (χ4v) is 2.58. The van der Waals surface area contributed by atoms with E-state index in [1.165, 1.54) is 0 Å². The Hall–Kier alpha value is -1.72. The molecule has 0 saturated heterocycles. The van der Waals surface area contributed by atoms with Crippen LogP contribution in [-0.4, -0.2) is 11.6 Å². The van der Waals surface area contributed by atoms with E-state index in [0.717, 1.165) is 18.2 Å². The Labute approximate surface area is 177 Å². The van der Waals surface area contributed by atoms with E-state index in [2.05, 4.69) is 20.9 Å². The third kappa shape index (κ3) is 6.38. The summed E-state index contributed by atoms with van der Waals surface area (Å²) in [5.74, 6) is -1.62. The highest BCUT2D eigenvalue weighted by atomic mass is 79.9. The first-order valence-corrected chi connectivity index (χ1v) is 8.79. The number of pyridine rings is 1. The van der Waals surface area contributed by atoms with Gasteiger partial charge in [-0.15, -0.1) is 0 Å². The average molecular weight is 529 g/mol. The summed E-state index contributed by atoms with van der Waals surface area (Å²) in [4.78, 5) is 3.12. The van der Waals surface area contributed by atoms with Crippen molar-refractivity contribution in [3.05, 3.63) is 56.4 Å². The minimum Gasteiger partial charge on any atom is -0.489 e. The summed E-state index contributed by atoms with van der Waals surface area (Å²) in [6, 6.07) is 2.09. The van der Waals surface area contributed by atoms with E-state index in [4.69, 9.17) is 32.7 Å². The summed E-state index contributed by atoms with van der Waals surface area (Å²) in [7, 11) is 0. The van der Waals surface area contributed by atoms with Gasteiger partial charge in [0.15, 0.2) is 10.5 Å². The van der Waals surface area contributed by atoms with E-state index in [1.54, 1.807) is 0 Å². The van der Waals surface area contributed by atoms with Crippen LogP contribution >= 0.6 is 39.1 Å². The van der Waals surface area contributed by atoms with Crippen molar-refractivity contribution in [2.45, 2.75) is 12.4 Å². The van der Waals surface area contributed by atoms with Crippen molar-refractivity contribution in [3.63, 3.8) is 0 Å². The molecule has 13 heteroatoms. The zero-order valence-corrected chi connectivity index (χ0v) is 16.7. The van der Waals surface area contributed by atoms with Crippen LogP contribution in [0, 0.1) is 0 Å². The first kappa shape index (κ1) is 23.6. The van der Waals surface area contributed by atoms with Gasteiger partial charge < -0.3 is 9.47 Å². The Morgan fingerprint density at radius 1 is 1.03 bits per heavy atom. The molecule has 3 nitrogen and oxygen atoms in total. The van der Waals surface area contributed by atoms with Gasteiger partial charge in [0, 0.05) is 18.3 Å². The first-order chi connectivity index (χ1) is 13.3. The van der Waals surface area contributed by atoms with E-state index in [-0.39, 0.29) is 34.7 Å². The maximum Gasteiger partial charge on any atom is 0.421 e. The predicted octanol–water partition coefficient (Wildman–Crippen LogP) is 7.80. The minimum absolute atomic E-state index is 0.0359. The standard InChI is InChI=1S/C16H7BrCl2F7NO2/c17-12(20)1-2-28-8-4-10(18)13(11(19)5-8)29-14-9(16(24,25)26)3-7(6-27-14)15(21,22)23/h1,3-6H,2H2/b12-1+. The van der Waals surface area contributed by atoms with Crippen molar-refractivity contribution in [3.8, 4) is 17.4 Å². The van der Waals surface area contributed by atoms with Gasteiger partial charge in [-0.25, -0.2) is 4.98 Å². The minimum atomic E-state index is -5.20. The van der Waals surface area contributed by atoms with Gasteiger partial charge in [-0.3, -0.25) is 0 Å². The van der Waals surface area contributed by atoms with Crippen LogP contribution in [0.5, 0.6) is 17.4 Å². The number of alkyl halides is 6. The normalized spacial score (nSPS) is 12.8. The summed E-state index contributed by atoms with van der Waals surface area (Å²) in [6.45, 7) is -0.220. The smallest absolute Gasteiger partial charge is 0.421 e. The molecule has 2 aromatic rings. The molecule has 0 saturated carbocycles. The highest BCUT2D eigenvalue weighted by molar-refractivity contribution is 9.11. The second kappa shape index (κ2) is 8.97. The molecular formula is C16H7BrCl2F7NO2. The van der Waals surface area contributed by atoms with Crippen molar-refractivity contribution in [2.75, 3.05) is 6.61 Å². The summed E-state index contributed by atoms with van der Waals surface area (Å²) >= 11 is 14.4. The van der Waals surface area contributed by atoms with E-state index < -0.39 is 39.8 Å². The Bertz CT molecular complexity index is 905. The van der Waals surface area contributed by atoms with Crippen molar-refractivity contribution >= 4 is 39.1 Å². The van der Waals surface area contributed by atoms with Crippen LogP contribution in [0.3, 0.4) is 0 Å². The van der Waals surface area contributed by atoms with E-state index in [9.17, 15) is 30.7 Å². The Morgan fingerprint density at radius 2 is 1.62 bits per heavy atom. The number of nitrogens with zero attached hydrogens (tertiary/aromatic N) is 1. The average Bonchev–Trinajstić information content (AvgIpc) is 2.56. The molecule has 0 spiro atoms. The summed E-state index contributed by atoms with van der Waals surface area (Å²) in [5.41, 5.74) is -3.37. The number of benzene rings is 1. The molecule has 29 heavy (non-hydrogen) atoms. The van der Waals surface area contributed by atoms with E-state index in [1.807, 2.05) is 0 Å². The molecule has 0 N–H and O–H groups in total. The molecule has 0 bridgehead atoms. The second-order valence-corrected chi connectivity index (χ2v) is 6.77. The highest BCUT2D eigenvalue weighted by Gasteiger charge is 2.40. The second-order valence-electron chi connectivity index (χ2n) is 5.20. The van der Waals surface area contributed by atoms with Crippen LogP contribution in [0.2, 0.25) is 10.0 Å². The lowest BCUT2D eigenvalue weighted by Gasteiger charge is -2.16. The molecule has 158 valence electrons. The molecule has 0 aliphatic carbocycles. The number of ether oxygens (including phenoxy) is 2. The quantitative estimate of drug-likeness (QED) is 0.371. The number of rotatable bonds is 5. The van der Waals surface area contributed by atoms with E-state index in [0.29, 0.717) is 0 Å². The third-order valence-electron chi connectivity index (χ3n) is 3.14. The molecule has 1 aromatic heterocycles. The van der Waals surface area contributed by atoms with Crippen LogP contribution in [0.4, 0.5) is 30.7 Å². The van der Waals surface area contributed by atoms with Crippen LogP contribution in [0.25, 0.3) is 0 Å². The number of hydrogen-bond donors (Lipinski definition) is 0. The number of halogens is 10. The van der Waals surface area contributed by atoms with Gasteiger partial charge in [-0.2, -0.15) is 30.7 Å². The molecule has 2 rings (SSSR count). The fraction of sp³-hybridized carbons (Fsp3) is 0.188. The summed E-state index contributed by atoms with van der Waals surface area (Å²) in [6.07, 6.45) is -9.03. The number of aromatic nitrogens is 1. The lowest BCUT2D eigenvalue weighted by molar-refractivity contribution is -0.144. The number of hydrogen-bond acceptors (Lipinski definition) is 3. The maximum atomic E-state index is 13.2. The van der Waals surface area contributed by atoms with Crippen LogP contribution in [-0.2, 0) is 12.4 Å². The molecule has 1 heterocycles. The van der Waals surface area contributed by atoms with Crippen LogP contribution in [0.15, 0.2) is 35.2 Å².